The van der Waals surface area contributed by atoms with E-state index in [9.17, 15) is 14.9 Å². The van der Waals surface area contributed by atoms with Gasteiger partial charge in [0.1, 0.15) is 6.33 Å². The summed E-state index contributed by atoms with van der Waals surface area (Å²) in [5.74, 6) is 0.206. The smallest absolute Gasteiger partial charge is 0.278 e. The predicted molar refractivity (Wildman–Crippen MR) is 118 cm³/mol. The van der Waals surface area contributed by atoms with E-state index in [2.05, 4.69) is 17.1 Å². The first-order valence-electron chi connectivity index (χ1n) is 10.7. The van der Waals surface area contributed by atoms with Crippen LogP contribution in [0.3, 0.4) is 0 Å². The van der Waals surface area contributed by atoms with E-state index in [1.807, 2.05) is 17.6 Å². The van der Waals surface area contributed by atoms with Crippen LogP contribution in [0.15, 0.2) is 53.8 Å². The summed E-state index contributed by atoms with van der Waals surface area (Å²) in [4.78, 5) is 32.6. The SMILES string of the molecule is C[C@@H]1N=C(c2ccccc2[N+](=O)[O-])c2cc(C34CC(C3)C4)ccc2-n2cnc(C(N)=O)c21. The summed E-state index contributed by atoms with van der Waals surface area (Å²) >= 11 is 0. The number of carbonyl (C=O) groups excluding carboxylic acids is 1. The Balaban J connectivity index is 1.63. The minimum absolute atomic E-state index is 0.000138. The Morgan fingerprint density at radius 2 is 1.94 bits per heavy atom. The number of imidazole rings is 1. The number of para-hydroxylation sites is 1. The van der Waals surface area contributed by atoms with Crippen molar-refractivity contribution >= 4 is 17.3 Å². The Morgan fingerprint density at radius 3 is 2.59 bits per heavy atom. The molecule has 1 aliphatic heterocycles. The summed E-state index contributed by atoms with van der Waals surface area (Å²) in [6, 6.07) is 12.5. The quantitative estimate of drug-likeness (QED) is 0.503. The molecule has 7 rings (SSSR count). The van der Waals surface area contributed by atoms with Crippen molar-refractivity contribution in [2.45, 2.75) is 37.6 Å². The van der Waals surface area contributed by atoms with Gasteiger partial charge < -0.3 is 5.73 Å². The van der Waals surface area contributed by atoms with Gasteiger partial charge in [0.2, 0.25) is 0 Å². The molecule has 8 heteroatoms. The maximum atomic E-state index is 12.0. The molecule has 2 heterocycles. The highest BCUT2D eigenvalue weighted by Crippen LogP contribution is 2.65. The summed E-state index contributed by atoms with van der Waals surface area (Å²) in [7, 11) is 0. The number of nitrogens with zero attached hydrogens (tertiary/aromatic N) is 4. The van der Waals surface area contributed by atoms with Crippen molar-refractivity contribution in [1.29, 1.82) is 0 Å². The molecule has 32 heavy (non-hydrogen) atoms. The molecule has 0 unspecified atom stereocenters. The average Bonchev–Trinajstić information content (AvgIpc) is 3.10. The average molecular weight is 427 g/mol. The third-order valence-corrected chi connectivity index (χ3v) is 7.27. The molecular formula is C24H21N5O3. The molecule has 0 radical (unpaired) electrons. The van der Waals surface area contributed by atoms with Gasteiger partial charge in [0.05, 0.1) is 33.6 Å². The first-order chi connectivity index (χ1) is 15.4. The van der Waals surface area contributed by atoms with E-state index < -0.39 is 11.9 Å². The lowest BCUT2D eigenvalue weighted by molar-refractivity contribution is -0.385. The molecule has 160 valence electrons. The lowest BCUT2D eigenvalue weighted by Gasteiger charge is -2.62. The maximum absolute atomic E-state index is 12.0. The Hall–Kier alpha value is -3.81. The Bertz CT molecular complexity index is 1340. The van der Waals surface area contributed by atoms with Crippen molar-refractivity contribution in [3.8, 4) is 5.69 Å². The lowest BCUT2D eigenvalue weighted by atomic mass is 9.42. The largest absolute Gasteiger partial charge is 0.364 e. The molecular weight excluding hydrogens is 406 g/mol. The molecule has 8 nitrogen and oxygen atoms in total. The fraction of sp³-hybridized carbons (Fsp3) is 0.292. The van der Waals surface area contributed by atoms with E-state index in [1.165, 1.54) is 30.9 Å². The maximum Gasteiger partial charge on any atom is 0.278 e. The number of hydrogen-bond acceptors (Lipinski definition) is 5. The van der Waals surface area contributed by atoms with E-state index in [0.717, 1.165) is 17.2 Å². The number of nitro groups is 1. The summed E-state index contributed by atoms with van der Waals surface area (Å²) < 4.78 is 1.84. The Kier molecular flexibility index (Phi) is 3.75. The van der Waals surface area contributed by atoms with Crippen molar-refractivity contribution in [3.63, 3.8) is 0 Å². The van der Waals surface area contributed by atoms with Crippen LogP contribution >= 0.6 is 0 Å². The predicted octanol–water partition coefficient (Wildman–Crippen LogP) is 3.84. The Morgan fingerprint density at radius 1 is 1.19 bits per heavy atom. The summed E-state index contributed by atoms with van der Waals surface area (Å²) in [6.07, 6.45) is 5.18. The summed E-state index contributed by atoms with van der Waals surface area (Å²) in [6.45, 7) is 1.85. The zero-order valence-electron chi connectivity index (χ0n) is 17.5. The summed E-state index contributed by atoms with van der Waals surface area (Å²) in [5, 5.41) is 11.8. The van der Waals surface area contributed by atoms with Crippen LogP contribution in [-0.4, -0.2) is 26.1 Å². The van der Waals surface area contributed by atoms with Gasteiger partial charge in [-0.1, -0.05) is 18.2 Å². The number of primary amides is 1. The van der Waals surface area contributed by atoms with Crippen LogP contribution in [0.2, 0.25) is 0 Å². The number of rotatable bonds is 4. The molecule has 3 aromatic rings. The van der Waals surface area contributed by atoms with Crippen LogP contribution in [0.4, 0.5) is 5.69 Å². The van der Waals surface area contributed by atoms with Crippen molar-refractivity contribution in [2.75, 3.05) is 0 Å². The van der Waals surface area contributed by atoms with E-state index in [0.29, 0.717) is 17.0 Å². The van der Waals surface area contributed by atoms with Crippen LogP contribution in [0.5, 0.6) is 0 Å². The van der Waals surface area contributed by atoms with E-state index in [1.54, 1.807) is 24.5 Å². The van der Waals surface area contributed by atoms with E-state index in [-0.39, 0.29) is 21.7 Å². The van der Waals surface area contributed by atoms with Gasteiger partial charge in [-0.3, -0.25) is 24.5 Å². The third-order valence-electron chi connectivity index (χ3n) is 7.27. The highest BCUT2D eigenvalue weighted by molar-refractivity contribution is 6.17. The van der Waals surface area contributed by atoms with Crippen LogP contribution < -0.4 is 5.73 Å². The summed E-state index contributed by atoms with van der Waals surface area (Å²) in [5.41, 5.74) is 10.4. The second kappa shape index (κ2) is 6.35. The molecule has 1 atom stereocenters. The fourth-order valence-corrected chi connectivity index (χ4v) is 5.61. The fourth-order valence-electron chi connectivity index (χ4n) is 5.61. The molecule has 4 aliphatic rings. The first-order valence-corrected chi connectivity index (χ1v) is 10.7. The van der Waals surface area contributed by atoms with Crippen molar-refractivity contribution < 1.29 is 9.72 Å². The minimum Gasteiger partial charge on any atom is -0.364 e. The van der Waals surface area contributed by atoms with Gasteiger partial charge in [-0.2, -0.15) is 0 Å². The monoisotopic (exact) mass is 427 g/mol. The van der Waals surface area contributed by atoms with Crippen molar-refractivity contribution in [1.82, 2.24) is 9.55 Å². The molecule has 0 saturated heterocycles. The van der Waals surface area contributed by atoms with Crippen LogP contribution in [0.25, 0.3) is 5.69 Å². The van der Waals surface area contributed by atoms with Crippen LogP contribution in [0, 0.1) is 16.0 Å². The molecule has 1 aromatic heterocycles. The Labute approximate surface area is 184 Å². The molecule has 3 aliphatic carbocycles. The van der Waals surface area contributed by atoms with Gasteiger partial charge in [-0.25, -0.2) is 4.98 Å². The second-order valence-electron chi connectivity index (χ2n) is 9.13. The van der Waals surface area contributed by atoms with Gasteiger partial charge in [0.15, 0.2) is 5.69 Å². The molecule has 2 aromatic carbocycles. The second-order valence-corrected chi connectivity index (χ2v) is 9.13. The molecule has 3 fully saturated rings. The van der Waals surface area contributed by atoms with Gasteiger partial charge in [0.25, 0.3) is 11.6 Å². The number of benzene rings is 2. The normalized spacial score (nSPS) is 24.8. The highest BCUT2D eigenvalue weighted by atomic mass is 16.6. The minimum atomic E-state index is -0.623. The van der Waals surface area contributed by atoms with Crippen molar-refractivity contribution in [3.05, 3.63) is 87.0 Å². The number of aromatic nitrogens is 2. The van der Waals surface area contributed by atoms with E-state index >= 15 is 0 Å². The zero-order chi connectivity index (χ0) is 22.2. The number of fused-ring (bicyclic) bond motifs is 3. The van der Waals surface area contributed by atoms with E-state index in [4.69, 9.17) is 10.7 Å². The number of nitro benzene ring substituents is 1. The number of hydrogen-bond donors (Lipinski definition) is 1. The molecule has 2 bridgehead atoms. The number of carbonyl (C=O) groups is 1. The number of nitrogens with two attached hydrogens (primary N) is 1. The van der Waals surface area contributed by atoms with Gasteiger partial charge in [-0.15, -0.1) is 0 Å². The molecule has 3 saturated carbocycles. The molecule has 0 spiro atoms. The first kappa shape index (κ1) is 18.9. The molecule has 2 N–H and O–H groups in total. The van der Waals surface area contributed by atoms with Crippen LogP contribution in [-0.2, 0) is 5.41 Å². The van der Waals surface area contributed by atoms with Gasteiger partial charge in [0, 0.05) is 11.6 Å². The van der Waals surface area contributed by atoms with Gasteiger partial charge in [-0.05, 0) is 61.3 Å². The number of aliphatic imine (C=N–C) groups is 1. The zero-order valence-corrected chi connectivity index (χ0v) is 17.5. The standard InChI is InChI=1S/C24H21N5O3/c1-13-22-21(23(25)30)26-12-28(22)18-7-6-15(24-9-14(10-24)11-24)8-17(18)20(27-13)16-4-2-3-5-19(16)29(31)32/h2-8,12-14H,9-11H2,1H3,(H2,25,30)/t13-,14?,24?/m0/s1. The third kappa shape index (κ3) is 2.46. The van der Waals surface area contributed by atoms with Crippen molar-refractivity contribution in [2.24, 2.45) is 16.6 Å². The van der Waals surface area contributed by atoms with Gasteiger partial charge >= 0.3 is 0 Å². The topological polar surface area (TPSA) is 116 Å². The molecule has 1 amide bonds. The lowest BCUT2D eigenvalue weighted by Crippen LogP contribution is -2.55. The number of amides is 1. The van der Waals surface area contributed by atoms with Crippen LogP contribution in [0.1, 0.15) is 65.1 Å². The highest BCUT2D eigenvalue weighted by Gasteiger charge is 2.57.